The van der Waals surface area contributed by atoms with Gasteiger partial charge in [0.2, 0.25) is 12.7 Å². The molecule has 2 aliphatic heterocycles. The number of rotatable bonds is 11. The van der Waals surface area contributed by atoms with Crippen molar-refractivity contribution in [1.29, 1.82) is 0 Å². The zero-order valence-corrected chi connectivity index (χ0v) is 20.2. The fraction of sp³-hybridized carbons (Fsp3) is 0.481. The number of aldehydes is 1. The number of aliphatic hydroxyl groups is 1. The van der Waals surface area contributed by atoms with Crippen molar-refractivity contribution >= 4 is 12.2 Å². The lowest BCUT2D eigenvalue weighted by atomic mass is 9.93. The molecule has 0 bridgehead atoms. The van der Waals surface area contributed by atoms with Crippen LogP contribution in [-0.2, 0) is 22.6 Å². The number of piperazine rings is 1. The van der Waals surface area contributed by atoms with Gasteiger partial charge in [0, 0.05) is 32.7 Å². The third-order valence-corrected chi connectivity index (χ3v) is 6.61. The van der Waals surface area contributed by atoms with E-state index in [0.29, 0.717) is 38.8 Å². The van der Waals surface area contributed by atoms with Crippen molar-refractivity contribution in [2.24, 2.45) is 5.92 Å². The molecule has 2 atom stereocenters. The minimum absolute atomic E-state index is 0.140. The summed E-state index contributed by atoms with van der Waals surface area (Å²) in [4.78, 5) is 28.6. The molecule has 2 heterocycles. The average Bonchev–Trinajstić information content (AvgIpc) is 3.35. The summed E-state index contributed by atoms with van der Waals surface area (Å²) in [6.07, 6.45) is 1.14. The van der Waals surface area contributed by atoms with Crippen LogP contribution in [0.4, 0.5) is 0 Å². The molecule has 0 spiro atoms. The van der Waals surface area contributed by atoms with Gasteiger partial charge in [-0.05, 0) is 61.6 Å². The maximum Gasteiger partial charge on any atom is 0.231 e. The lowest BCUT2D eigenvalue weighted by Crippen LogP contribution is -2.51. The van der Waals surface area contributed by atoms with Crippen LogP contribution in [0.5, 0.6) is 17.2 Å². The highest BCUT2D eigenvalue weighted by Gasteiger charge is 2.32. The standard InChI is InChI=1S/C27H34N2O6/c1-2-33-22-9-6-20(7-10-22)4-3-5-23(24(31)18-30)27(32)29-14-12-28(13-15-29)17-21-8-11-25-26(16-21)35-19-34-25/h6-11,16,18,23-24,31H,2-5,12-15,17,19H2,1H3/t23-,24-/m1/s1. The van der Waals surface area contributed by atoms with Crippen molar-refractivity contribution in [2.75, 3.05) is 39.6 Å². The van der Waals surface area contributed by atoms with Gasteiger partial charge in [0.1, 0.15) is 18.1 Å². The largest absolute Gasteiger partial charge is 0.494 e. The second kappa shape index (κ2) is 12.0. The van der Waals surface area contributed by atoms with Crippen LogP contribution >= 0.6 is 0 Å². The molecule has 35 heavy (non-hydrogen) atoms. The number of ether oxygens (including phenoxy) is 3. The van der Waals surface area contributed by atoms with Crippen LogP contribution in [0.25, 0.3) is 0 Å². The van der Waals surface area contributed by atoms with Crippen molar-refractivity contribution < 1.29 is 28.9 Å². The SMILES string of the molecule is CCOc1ccc(CCC[C@@H](C(=O)N2CCN(Cc3ccc4c(c3)OCO4)CC2)[C@H](O)C=O)cc1. The Hall–Kier alpha value is -3.10. The molecular weight excluding hydrogens is 448 g/mol. The first-order valence-electron chi connectivity index (χ1n) is 12.3. The van der Waals surface area contributed by atoms with E-state index in [1.165, 1.54) is 0 Å². The first-order chi connectivity index (χ1) is 17.1. The van der Waals surface area contributed by atoms with Gasteiger partial charge in [-0.25, -0.2) is 0 Å². The Labute approximate surface area is 206 Å². The quantitative estimate of drug-likeness (QED) is 0.493. The number of carbonyl (C=O) groups is 2. The van der Waals surface area contributed by atoms with Crippen LogP contribution in [0.3, 0.4) is 0 Å². The first kappa shape index (κ1) is 25.0. The molecule has 0 unspecified atom stereocenters. The van der Waals surface area contributed by atoms with E-state index in [2.05, 4.69) is 4.90 Å². The van der Waals surface area contributed by atoms with Crippen LogP contribution in [0.2, 0.25) is 0 Å². The maximum absolute atomic E-state index is 13.2. The Bertz CT molecular complexity index is 988. The maximum atomic E-state index is 13.2. The summed E-state index contributed by atoms with van der Waals surface area (Å²) < 4.78 is 16.3. The van der Waals surface area contributed by atoms with Crippen LogP contribution in [-0.4, -0.2) is 72.8 Å². The molecule has 8 heteroatoms. The molecule has 0 aliphatic carbocycles. The summed E-state index contributed by atoms with van der Waals surface area (Å²) >= 11 is 0. The number of amides is 1. The van der Waals surface area contributed by atoms with Crippen molar-refractivity contribution in [1.82, 2.24) is 9.80 Å². The summed E-state index contributed by atoms with van der Waals surface area (Å²) in [5.41, 5.74) is 2.27. The zero-order valence-electron chi connectivity index (χ0n) is 20.2. The predicted molar refractivity (Wildman–Crippen MR) is 131 cm³/mol. The van der Waals surface area contributed by atoms with E-state index in [9.17, 15) is 14.7 Å². The predicted octanol–water partition coefficient (Wildman–Crippen LogP) is 2.66. The normalized spacial score (nSPS) is 17.1. The number of nitrogens with zero attached hydrogens (tertiary/aromatic N) is 2. The highest BCUT2D eigenvalue weighted by Crippen LogP contribution is 2.33. The van der Waals surface area contributed by atoms with E-state index >= 15 is 0 Å². The summed E-state index contributed by atoms with van der Waals surface area (Å²) in [6.45, 7) is 6.21. The van der Waals surface area contributed by atoms with Gasteiger partial charge in [-0.2, -0.15) is 0 Å². The van der Waals surface area contributed by atoms with Crippen LogP contribution < -0.4 is 14.2 Å². The number of fused-ring (bicyclic) bond motifs is 1. The molecule has 8 nitrogen and oxygen atoms in total. The van der Waals surface area contributed by atoms with E-state index < -0.39 is 12.0 Å². The van der Waals surface area contributed by atoms with Gasteiger partial charge < -0.3 is 29.0 Å². The van der Waals surface area contributed by atoms with E-state index in [1.54, 1.807) is 4.90 Å². The monoisotopic (exact) mass is 482 g/mol. The molecule has 2 aliphatic rings. The zero-order chi connectivity index (χ0) is 24.6. The second-order valence-corrected chi connectivity index (χ2v) is 8.99. The van der Waals surface area contributed by atoms with Crippen molar-refractivity contribution in [3.8, 4) is 17.2 Å². The smallest absolute Gasteiger partial charge is 0.231 e. The van der Waals surface area contributed by atoms with Gasteiger partial charge in [-0.3, -0.25) is 9.69 Å². The molecule has 1 fully saturated rings. The molecule has 1 amide bonds. The van der Waals surface area contributed by atoms with Gasteiger partial charge in [-0.15, -0.1) is 0 Å². The molecule has 4 rings (SSSR count). The summed E-state index contributed by atoms with van der Waals surface area (Å²) in [6, 6.07) is 13.9. The summed E-state index contributed by atoms with van der Waals surface area (Å²) in [5.74, 6) is 1.52. The Morgan fingerprint density at radius 3 is 2.49 bits per heavy atom. The number of carbonyl (C=O) groups excluding carboxylic acids is 2. The lowest BCUT2D eigenvalue weighted by Gasteiger charge is -2.37. The first-order valence-corrected chi connectivity index (χ1v) is 12.3. The highest BCUT2D eigenvalue weighted by atomic mass is 16.7. The molecule has 0 saturated carbocycles. The van der Waals surface area contributed by atoms with E-state index in [1.807, 2.05) is 49.4 Å². The Kier molecular flexibility index (Phi) is 8.60. The number of aryl methyl sites for hydroxylation is 1. The molecule has 1 N–H and O–H groups in total. The van der Waals surface area contributed by atoms with Crippen molar-refractivity contribution in [2.45, 2.75) is 38.8 Å². The Morgan fingerprint density at radius 2 is 1.77 bits per heavy atom. The summed E-state index contributed by atoms with van der Waals surface area (Å²) in [7, 11) is 0. The van der Waals surface area contributed by atoms with Crippen LogP contribution in [0.1, 0.15) is 30.9 Å². The number of benzene rings is 2. The molecule has 2 aromatic carbocycles. The van der Waals surface area contributed by atoms with E-state index in [0.717, 1.165) is 54.4 Å². The average molecular weight is 483 g/mol. The molecular formula is C27H34N2O6. The Balaban J connectivity index is 1.26. The minimum Gasteiger partial charge on any atom is -0.494 e. The highest BCUT2D eigenvalue weighted by molar-refractivity contribution is 5.82. The molecule has 188 valence electrons. The third-order valence-electron chi connectivity index (χ3n) is 6.61. The third kappa shape index (κ3) is 6.52. The van der Waals surface area contributed by atoms with Crippen LogP contribution in [0, 0.1) is 5.92 Å². The number of aliphatic hydroxyl groups excluding tert-OH is 1. The number of hydrogen-bond donors (Lipinski definition) is 1. The van der Waals surface area contributed by atoms with Gasteiger partial charge >= 0.3 is 0 Å². The lowest BCUT2D eigenvalue weighted by molar-refractivity contribution is -0.144. The van der Waals surface area contributed by atoms with Gasteiger partial charge in [-0.1, -0.05) is 18.2 Å². The van der Waals surface area contributed by atoms with Gasteiger partial charge in [0.05, 0.1) is 12.5 Å². The van der Waals surface area contributed by atoms with Gasteiger partial charge in [0.25, 0.3) is 0 Å². The van der Waals surface area contributed by atoms with E-state index in [4.69, 9.17) is 14.2 Å². The van der Waals surface area contributed by atoms with Crippen LogP contribution in [0.15, 0.2) is 42.5 Å². The summed E-state index contributed by atoms with van der Waals surface area (Å²) in [5, 5.41) is 10.3. The molecule has 1 saturated heterocycles. The number of hydrogen-bond acceptors (Lipinski definition) is 7. The Morgan fingerprint density at radius 1 is 1.06 bits per heavy atom. The topological polar surface area (TPSA) is 88.5 Å². The van der Waals surface area contributed by atoms with Crippen molar-refractivity contribution in [3.05, 3.63) is 53.6 Å². The molecule has 0 aromatic heterocycles. The second-order valence-electron chi connectivity index (χ2n) is 8.99. The fourth-order valence-electron chi connectivity index (χ4n) is 4.64. The van der Waals surface area contributed by atoms with Gasteiger partial charge in [0.15, 0.2) is 11.5 Å². The molecule has 2 aromatic rings. The molecule has 0 radical (unpaired) electrons. The van der Waals surface area contributed by atoms with Crippen molar-refractivity contribution in [3.63, 3.8) is 0 Å². The minimum atomic E-state index is -1.28. The fourth-order valence-corrected chi connectivity index (χ4v) is 4.64. The van der Waals surface area contributed by atoms with E-state index in [-0.39, 0.29) is 12.7 Å².